The van der Waals surface area contributed by atoms with Crippen LogP contribution in [0.5, 0.6) is 5.75 Å². The predicted molar refractivity (Wildman–Crippen MR) is 77.1 cm³/mol. The van der Waals surface area contributed by atoms with E-state index in [1.807, 2.05) is 19.1 Å². The molecule has 2 nitrogen and oxygen atoms in total. The van der Waals surface area contributed by atoms with Crippen molar-refractivity contribution >= 4 is 17.4 Å². The molecule has 0 unspecified atom stereocenters. The fourth-order valence-electron chi connectivity index (χ4n) is 1.78. The molecule has 0 aromatic heterocycles. The standard InChI is InChI=1S/C16H15ClO2/c1-2-11-19-15-10-6-4-8-13(15)16(18)12-7-3-5-9-14(12)17/h3-10H,2,11H2,1H3. The maximum absolute atomic E-state index is 12.5. The van der Waals surface area contributed by atoms with E-state index in [1.54, 1.807) is 36.4 Å². The molecule has 0 saturated heterocycles. The molecule has 0 amide bonds. The lowest BCUT2D eigenvalue weighted by Crippen LogP contribution is -2.06. The number of halogens is 1. The zero-order chi connectivity index (χ0) is 13.7. The van der Waals surface area contributed by atoms with Crippen molar-refractivity contribution in [1.29, 1.82) is 0 Å². The number of ether oxygens (including phenoxy) is 1. The monoisotopic (exact) mass is 274 g/mol. The Morgan fingerprint density at radius 2 is 1.68 bits per heavy atom. The van der Waals surface area contributed by atoms with Crippen LogP contribution in [0, 0.1) is 0 Å². The predicted octanol–water partition coefficient (Wildman–Crippen LogP) is 4.36. The second-order valence-electron chi connectivity index (χ2n) is 4.15. The van der Waals surface area contributed by atoms with Crippen LogP contribution in [-0.2, 0) is 0 Å². The Morgan fingerprint density at radius 3 is 2.37 bits per heavy atom. The molecule has 3 heteroatoms. The second kappa shape index (κ2) is 6.39. The molecule has 98 valence electrons. The Hall–Kier alpha value is -1.80. The van der Waals surface area contributed by atoms with Gasteiger partial charge in [-0.1, -0.05) is 42.8 Å². The summed E-state index contributed by atoms with van der Waals surface area (Å²) in [7, 11) is 0. The van der Waals surface area contributed by atoms with Crippen LogP contribution in [-0.4, -0.2) is 12.4 Å². The van der Waals surface area contributed by atoms with Gasteiger partial charge in [-0.15, -0.1) is 0 Å². The molecule has 19 heavy (non-hydrogen) atoms. The largest absolute Gasteiger partial charge is 0.493 e. The summed E-state index contributed by atoms with van der Waals surface area (Å²) in [6.45, 7) is 2.62. The van der Waals surface area contributed by atoms with Crippen molar-refractivity contribution < 1.29 is 9.53 Å². The minimum atomic E-state index is -0.114. The van der Waals surface area contributed by atoms with Gasteiger partial charge in [0.2, 0.25) is 0 Å². The normalized spacial score (nSPS) is 10.2. The SMILES string of the molecule is CCCOc1ccccc1C(=O)c1ccccc1Cl. The van der Waals surface area contributed by atoms with Gasteiger partial charge in [-0.25, -0.2) is 0 Å². The highest BCUT2D eigenvalue weighted by Gasteiger charge is 2.16. The van der Waals surface area contributed by atoms with Gasteiger partial charge in [-0.3, -0.25) is 4.79 Å². The van der Waals surface area contributed by atoms with Crippen molar-refractivity contribution in [3.05, 3.63) is 64.7 Å². The summed E-state index contributed by atoms with van der Waals surface area (Å²) < 4.78 is 5.60. The molecule has 0 N–H and O–H groups in total. The first kappa shape index (κ1) is 13.6. The highest BCUT2D eigenvalue weighted by atomic mass is 35.5. The van der Waals surface area contributed by atoms with E-state index in [9.17, 15) is 4.79 Å². The molecule has 0 bridgehead atoms. The van der Waals surface area contributed by atoms with Crippen molar-refractivity contribution in [1.82, 2.24) is 0 Å². The number of hydrogen-bond donors (Lipinski definition) is 0. The molecule has 2 rings (SSSR count). The third-order valence-corrected chi connectivity index (χ3v) is 3.04. The summed E-state index contributed by atoms with van der Waals surface area (Å²) in [5.41, 5.74) is 1.04. The third kappa shape index (κ3) is 3.15. The molecule has 0 spiro atoms. The average Bonchev–Trinajstić information content (AvgIpc) is 2.45. The molecule has 2 aromatic carbocycles. The number of benzene rings is 2. The number of para-hydroxylation sites is 1. The van der Waals surface area contributed by atoms with Gasteiger partial charge in [0.15, 0.2) is 5.78 Å². The highest BCUT2D eigenvalue weighted by Crippen LogP contribution is 2.25. The van der Waals surface area contributed by atoms with E-state index in [0.717, 1.165) is 6.42 Å². The number of carbonyl (C=O) groups excluding carboxylic acids is 1. The van der Waals surface area contributed by atoms with Crippen LogP contribution in [0.1, 0.15) is 29.3 Å². The van der Waals surface area contributed by atoms with Crippen molar-refractivity contribution in [2.24, 2.45) is 0 Å². The minimum absolute atomic E-state index is 0.114. The van der Waals surface area contributed by atoms with E-state index in [0.29, 0.717) is 28.5 Å². The lowest BCUT2D eigenvalue weighted by Gasteiger charge is -2.10. The summed E-state index contributed by atoms with van der Waals surface area (Å²) in [5.74, 6) is 0.492. The first-order valence-electron chi connectivity index (χ1n) is 6.25. The van der Waals surface area contributed by atoms with Gasteiger partial charge in [-0.2, -0.15) is 0 Å². The second-order valence-corrected chi connectivity index (χ2v) is 4.56. The Bertz CT molecular complexity index is 578. The molecule has 2 aromatic rings. The van der Waals surface area contributed by atoms with Crippen LogP contribution in [0.25, 0.3) is 0 Å². The smallest absolute Gasteiger partial charge is 0.198 e. The van der Waals surface area contributed by atoms with Crippen molar-refractivity contribution in [2.45, 2.75) is 13.3 Å². The quantitative estimate of drug-likeness (QED) is 0.757. The molecule has 0 atom stereocenters. The van der Waals surface area contributed by atoms with E-state index in [-0.39, 0.29) is 5.78 Å². The van der Waals surface area contributed by atoms with Gasteiger partial charge in [0.05, 0.1) is 17.2 Å². The molecule has 0 heterocycles. The fourth-order valence-corrected chi connectivity index (χ4v) is 2.00. The average molecular weight is 275 g/mol. The summed E-state index contributed by atoms with van der Waals surface area (Å²) in [6.07, 6.45) is 0.897. The number of rotatable bonds is 5. The zero-order valence-electron chi connectivity index (χ0n) is 10.7. The van der Waals surface area contributed by atoms with E-state index < -0.39 is 0 Å². The maximum Gasteiger partial charge on any atom is 0.198 e. The lowest BCUT2D eigenvalue weighted by molar-refractivity contribution is 0.103. The van der Waals surface area contributed by atoms with Crippen LogP contribution in [0.2, 0.25) is 5.02 Å². The van der Waals surface area contributed by atoms with Crippen molar-refractivity contribution in [3.8, 4) is 5.75 Å². The van der Waals surface area contributed by atoms with Crippen LogP contribution in [0.15, 0.2) is 48.5 Å². The fraction of sp³-hybridized carbons (Fsp3) is 0.188. The highest BCUT2D eigenvalue weighted by molar-refractivity contribution is 6.35. The Labute approximate surface area is 118 Å². The van der Waals surface area contributed by atoms with E-state index in [1.165, 1.54) is 0 Å². The van der Waals surface area contributed by atoms with Crippen LogP contribution < -0.4 is 4.74 Å². The summed E-state index contributed by atoms with van der Waals surface area (Å²) in [6, 6.07) is 14.3. The first-order chi connectivity index (χ1) is 9.24. The topological polar surface area (TPSA) is 26.3 Å². The van der Waals surface area contributed by atoms with Gasteiger partial charge < -0.3 is 4.74 Å². The summed E-state index contributed by atoms with van der Waals surface area (Å²) in [4.78, 5) is 12.5. The van der Waals surface area contributed by atoms with Crippen LogP contribution >= 0.6 is 11.6 Å². The van der Waals surface area contributed by atoms with Crippen LogP contribution in [0.4, 0.5) is 0 Å². The van der Waals surface area contributed by atoms with Crippen LogP contribution in [0.3, 0.4) is 0 Å². The number of hydrogen-bond acceptors (Lipinski definition) is 2. The molecular formula is C16H15ClO2. The summed E-state index contributed by atoms with van der Waals surface area (Å²) in [5, 5.41) is 0.456. The van der Waals surface area contributed by atoms with Gasteiger partial charge in [0.25, 0.3) is 0 Å². The molecule has 0 radical (unpaired) electrons. The molecular weight excluding hydrogens is 260 g/mol. The molecule has 0 fully saturated rings. The lowest BCUT2D eigenvalue weighted by atomic mass is 10.0. The zero-order valence-corrected chi connectivity index (χ0v) is 11.5. The Morgan fingerprint density at radius 1 is 1.05 bits per heavy atom. The van der Waals surface area contributed by atoms with Crippen molar-refractivity contribution in [2.75, 3.05) is 6.61 Å². The Balaban J connectivity index is 2.36. The number of ketones is 1. The van der Waals surface area contributed by atoms with Gasteiger partial charge >= 0.3 is 0 Å². The van der Waals surface area contributed by atoms with Gasteiger partial charge in [0, 0.05) is 5.56 Å². The molecule has 0 saturated carbocycles. The molecule has 0 aliphatic carbocycles. The summed E-state index contributed by atoms with van der Waals surface area (Å²) >= 11 is 6.06. The molecule has 0 aliphatic rings. The number of carbonyl (C=O) groups is 1. The van der Waals surface area contributed by atoms with Crippen molar-refractivity contribution in [3.63, 3.8) is 0 Å². The van der Waals surface area contributed by atoms with Gasteiger partial charge in [0.1, 0.15) is 5.75 Å². The first-order valence-corrected chi connectivity index (χ1v) is 6.63. The third-order valence-electron chi connectivity index (χ3n) is 2.71. The maximum atomic E-state index is 12.5. The minimum Gasteiger partial charge on any atom is -0.493 e. The van der Waals surface area contributed by atoms with E-state index in [4.69, 9.17) is 16.3 Å². The van der Waals surface area contributed by atoms with E-state index >= 15 is 0 Å². The Kier molecular flexibility index (Phi) is 4.58. The molecule has 0 aliphatic heterocycles. The van der Waals surface area contributed by atoms with E-state index in [2.05, 4.69) is 0 Å². The van der Waals surface area contributed by atoms with Gasteiger partial charge in [-0.05, 0) is 30.7 Å².